The molecule has 3 heteroatoms. The molecule has 0 radical (unpaired) electrons. The van der Waals surface area contributed by atoms with E-state index in [1.54, 1.807) is 0 Å². The Morgan fingerprint density at radius 2 is 2.00 bits per heavy atom. The Hall–Kier alpha value is 0.400. The van der Waals surface area contributed by atoms with E-state index < -0.39 is 0 Å². The fraction of sp³-hybridized carbons (Fsp3) is 1.00. The molecule has 0 bridgehead atoms. The molecule has 1 aliphatic rings. The van der Waals surface area contributed by atoms with E-state index in [2.05, 4.69) is 22.9 Å². The van der Waals surface area contributed by atoms with Crippen molar-refractivity contribution in [3.05, 3.63) is 0 Å². The molecule has 1 saturated heterocycles. The van der Waals surface area contributed by atoms with Crippen molar-refractivity contribution in [3.63, 3.8) is 0 Å². The van der Waals surface area contributed by atoms with E-state index in [1.165, 1.54) is 19.3 Å². The molecule has 0 N–H and O–H groups in total. The summed E-state index contributed by atoms with van der Waals surface area (Å²) >= 11 is 3.63. The second-order valence-electron chi connectivity index (χ2n) is 4.11. The minimum Gasteiger partial charge on any atom is -0.381 e. The van der Waals surface area contributed by atoms with Crippen LogP contribution >= 0.6 is 15.9 Å². The summed E-state index contributed by atoms with van der Waals surface area (Å²) in [6, 6.07) is 0. The maximum atomic E-state index is 5.55. The van der Waals surface area contributed by atoms with Gasteiger partial charge in [-0.3, -0.25) is 0 Å². The van der Waals surface area contributed by atoms with E-state index in [9.17, 15) is 0 Å². The van der Waals surface area contributed by atoms with E-state index in [0.717, 1.165) is 38.2 Å². The van der Waals surface area contributed by atoms with Crippen LogP contribution in [0.3, 0.4) is 0 Å². The molecule has 0 saturated carbocycles. The third-order valence-electron chi connectivity index (χ3n) is 2.96. The lowest BCUT2D eigenvalue weighted by molar-refractivity contribution is 0.00580. The first-order chi connectivity index (χ1) is 6.83. The maximum Gasteiger partial charge on any atom is 0.0471 e. The van der Waals surface area contributed by atoms with Gasteiger partial charge in [0, 0.05) is 31.8 Å². The maximum absolute atomic E-state index is 5.55. The lowest BCUT2D eigenvalue weighted by atomic mass is 9.80. The van der Waals surface area contributed by atoms with Crippen molar-refractivity contribution in [1.29, 1.82) is 0 Å². The van der Waals surface area contributed by atoms with Crippen molar-refractivity contribution < 1.29 is 9.47 Å². The van der Waals surface area contributed by atoms with Crippen LogP contribution in [-0.4, -0.2) is 31.8 Å². The zero-order valence-electron chi connectivity index (χ0n) is 9.06. The number of alkyl halides is 1. The number of hydrogen-bond acceptors (Lipinski definition) is 2. The van der Waals surface area contributed by atoms with Gasteiger partial charge in [-0.15, -0.1) is 0 Å². The quantitative estimate of drug-likeness (QED) is 0.543. The zero-order chi connectivity index (χ0) is 10.3. The number of rotatable bonds is 6. The summed E-state index contributed by atoms with van der Waals surface area (Å²) in [6.07, 6.45) is 4.63. The average Bonchev–Trinajstić information content (AvgIpc) is 2.26. The lowest BCUT2D eigenvalue weighted by Gasteiger charge is -2.35. The van der Waals surface area contributed by atoms with Crippen LogP contribution in [0.4, 0.5) is 0 Å². The highest BCUT2D eigenvalue weighted by molar-refractivity contribution is 9.09. The third-order valence-corrected chi connectivity index (χ3v) is 4.15. The molecular weight excluding hydrogens is 244 g/mol. The Balaban J connectivity index is 2.22. The van der Waals surface area contributed by atoms with E-state index in [4.69, 9.17) is 9.47 Å². The SMILES string of the molecule is CCCOCCC1(CBr)CCOCC1. The predicted octanol–water partition coefficient (Wildman–Crippen LogP) is 2.99. The lowest BCUT2D eigenvalue weighted by Crippen LogP contribution is -2.32. The minimum atomic E-state index is 0.436. The zero-order valence-corrected chi connectivity index (χ0v) is 10.6. The molecule has 0 aliphatic carbocycles. The highest BCUT2D eigenvalue weighted by Crippen LogP contribution is 2.35. The van der Waals surface area contributed by atoms with Gasteiger partial charge in [0.25, 0.3) is 0 Å². The normalized spacial score (nSPS) is 21.0. The van der Waals surface area contributed by atoms with E-state index in [-0.39, 0.29) is 0 Å². The molecule has 84 valence electrons. The van der Waals surface area contributed by atoms with Crippen LogP contribution in [0, 0.1) is 5.41 Å². The van der Waals surface area contributed by atoms with Crippen LogP contribution in [0.1, 0.15) is 32.6 Å². The molecule has 0 aromatic carbocycles. The van der Waals surface area contributed by atoms with Crippen LogP contribution < -0.4 is 0 Å². The summed E-state index contributed by atoms with van der Waals surface area (Å²) in [4.78, 5) is 0. The van der Waals surface area contributed by atoms with Crippen LogP contribution in [-0.2, 0) is 9.47 Å². The van der Waals surface area contributed by atoms with Crippen molar-refractivity contribution in [2.45, 2.75) is 32.6 Å². The van der Waals surface area contributed by atoms with E-state index >= 15 is 0 Å². The fourth-order valence-corrected chi connectivity index (χ4v) is 2.63. The van der Waals surface area contributed by atoms with Crippen LogP contribution in [0.25, 0.3) is 0 Å². The van der Waals surface area contributed by atoms with Crippen molar-refractivity contribution >= 4 is 15.9 Å². The molecule has 0 spiro atoms. The molecule has 0 aromatic heterocycles. The summed E-state index contributed by atoms with van der Waals surface area (Å²) < 4.78 is 10.9. The first kappa shape index (κ1) is 12.5. The molecule has 0 atom stereocenters. The Morgan fingerprint density at radius 1 is 1.29 bits per heavy atom. The van der Waals surface area contributed by atoms with Crippen LogP contribution in [0.5, 0.6) is 0 Å². The summed E-state index contributed by atoms with van der Waals surface area (Å²) in [7, 11) is 0. The second kappa shape index (κ2) is 6.81. The summed E-state index contributed by atoms with van der Waals surface area (Å²) in [5, 5.41) is 1.08. The summed E-state index contributed by atoms with van der Waals surface area (Å²) in [6.45, 7) is 5.78. The topological polar surface area (TPSA) is 18.5 Å². The molecule has 1 aliphatic heterocycles. The Morgan fingerprint density at radius 3 is 2.57 bits per heavy atom. The highest BCUT2D eigenvalue weighted by atomic mass is 79.9. The van der Waals surface area contributed by atoms with Gasteiger partial charge < -0.3 is 9.47 Å². The number of ether oxygens (including phenoxy) is 2. The molecule has 1 fully saturated rings. The summed E-state index contributed by atoms with van der Waals surface area (Å²) in [5.41, 5.74) is 0.436. The Labute approximate surface area is 95.5 Å². The minimum absolute atomic E-state index is 0.436. The van der Waals surface area contributed by atoms with E-state index in [0.29, 0.717) is 5.41 Å². The molecular formula is C11H21BrO2. The van der Waals surface area contributed by atoms with Gasteiger partial charge in [-0.05, 0) is 31.1 Å². The van der Waals surface area contributed by atoms with Gasteiger partial charge >= 0.3 is 0 Å². The third kappa shape index (κ3) is 3.87. The van der Waals surface area contributed by atoms with Crippen molar-refractivity contribution in [3.8, 4) is 0 Å². The number of hydrogen-bond donors (Lipinski definition) is 0. The largest absolute Gasteiger partial charge is 0.381 e. The molecule has 2 nitrogen and oxygen atoms in total. The van der Waals surface area contributed by atoms with E-state index in [1.807, 2.05) is 0 Å². The first-order valence-corrected chi connectivity index (χ1v) is 6.66. The summed E-state index contributed by atoms with van der Waals surface area (Å²) in [5.74, 6) is 0. The van der Waals surface area contributed by atoms with Gasteiger partial charge in [0.2, 0.25) is 0 Å². The molecule has 0 amide bonds. The highest BCUT2D eigenvalue weighted by Gasteiger charge is 2.30. The van der Waals surface area contributed by atoms with Crippen LogP contribution in [0.15, 0.2) is 0 Å². The fourth-order valence-electron chi connectivity index (χ4n) is 1.79. The number of halogens is 1. The standard InChI is InChI=1S/C11H21BrO2/c1-2-6-13-7-3-11(10-12)4-8-14-9-5-11/h2-10H2,1H3. The molecule has 1 rings (SSSR count). The monoisotopic (exact) mass is 264 g/mol. The second-order valence-corrected chi connectivity index (χ2v) is 4.67. The predicted molar refractivity (Wildman–Crippen MR) is 62.0 cm³/mol. The van der Waals surface area contributed by atoms with Crippen molar-refractivity contribution in [1.82, 2.24) is 0 Å². The molecule has 14 heavy (non-hydrogen) atoms. The van der Waals surface area contributed by atoms with Gasteiger partial charge in [-0.2, -0.15) is 0 Å². The van der Waals surface area contributed by atoms with Crippen LogP contribution in [0.2, 0.25) is 0 Å². The van der Waals surface area contributed by atoms with Gasteiger partial charge in [-0.25, -0.2) is 0 Å². The van der Waals surface area contributed by atoms with Crippen molar-refractivity contribution in [2.75, 3.05) is 31.8 Å². The first-order valence-electron chi connectivity index (χ1n) is 5.54. The van der Waals surface area contributed by atoms with Gasteiger partial charge in [0.05, 0.1) is 0 Å². The molecule has 1 heterocycles. The Bertz CT molecular complexity index is 144. The smallest absolute Gasteiger partial charge is 0.0471 e. The average molecular weight is 265 g/mol. The van der Waals surface area contributed by atoms with Gasteiger partial charge in [-0.1, -0.05) is 22.9 Å². The molecule has 0 aromatic rings. The Kier molecular flexibility index (Phi) is 6.06. The molecule has 0 unspecified atom stereocenters. The van der Waals surface area contributed by atoms with Crippen molar-refractivity contribution in [2.24, 2.45) is 5.41 Å². The van der Waals surface area contributed by atoms with Gasteiger partial charge in [0.15, 0.2) is 0 Å². The van der Waals surface area contributed by atoms with Gasteiger partial charge in [0.1, 0.15) is 0 Å².